The highest BCUT2D eigenvalue weighted by Crippen LogP contribution is 2.29. The zero-order valence-corrected chi connectivity index (χ0v) is 17.9. The summed E-state index contributed by atoms with van der Waals surface area (Å²) in [5.41, 5.74) is 0.223. The molecule has 2 aliphatic rings. The first-order valence-corrected chi connectivity index (χ1v) is 12.1. The molecule has 10 heteroatoms. The van der Waals surface area contributed by atoms with Crippen molar-refractivity contribution in [3.63, 3.8) is 0 Å². The zero-order valence-electron chi connectivity index (χ0n) is 17.1. The number of alkyl halides is 3. The van der Waals surface area contributed by atoms with Crippen molar-refractivity contribution in [2.24, 2.45) is 10.9 Å². The molecule has 2 saturated heterocycles. The molecule has 1 aromatic rings. The molecule has 0 aliphatic carbocycles. The maximum Gasteiger partial charge on any atom is 0.416 e. The van der Waals surface area contributed by atoms with Crippen molar-refractivity contribution in [1.29, 1.82) is 0 Å². The third-order valence-corrected chi connectivity index (χ3v) is 7.32. The van der Waals surface area contributed by atoms with Gasteiger partial charge in [0.2, 0.25) is 0 Å². The van der Waals surface area contributed by atoms with Gasteiger partial charge in [-0.05, 0) is 43.4 Å². The maximum atomic E-state index is 12.7. The molecule has 3 rings (SSSR count). The minimum atomic E-state index is -4.31. The van der Waals surface area contributed by atoms with Crippen molar-refractivity contribution in [2.75, 3.05) is 37.7 Å². The van der Waals surface area contributed by atoms with Crippen LogP contribution >= 0.6 is 0 Å². The highest BCUT2D eigenvalue weighted by atomic mass is 32.2. The van der Waals surface area contributed by atoms with Gasteiger partial charge in [0.1, 0.15) is 0 Å². The summed E-state index contributed by atoms with van der Waals surface area (Å²) in [5, 5.41) is 6.61. The average Bonchev–Trinajstić information content (AvgIpc) is 3.25. The van der Waals surface area contributed by atoms with Crippen molar-refractivity contribution in [3.8, 4) is 0 Å². The molecule has 0 saturated carbocycles. The third kappa shape index (κ3) is 6.60. The van der Waals surface area contributed by atoms with E-state index < -0.39 is 21.6 Å². The molecule has 2 atom stereocenters. The van der Waals surface area contributed by atoms with E-state index in [1.807, 2.05) is 6.92 Å². The molecule has 2 heterocycles. The van der Waals surface area contributed by atoms with Crippen molar-refractivity contribution >= 4 is 15.8 Å². The van der Waals surface area contributed by atoms with Gasteiger partial charge >= 0.3 is 6.18 Å². The largest absolute Gasteiger partial charge is 0.416 e. The Balaban J connectivity index is 1.50. The Bertz CT molecular complexity index is 841. The lowest BCUT2D eigenvalue weighted by atomic mass is 10.1. The Morgan fingerprint density at radius 2 is 1.97 bits per heavy atom. The molecule has 6 nitrogen and oxygen atoms in total. The van der Waals surface area contributed by atoms with Crippen molar-refractivity contribution in [3.05, 3.63) is 35.4 Å². The second kappa shape index (κ2) is 9.55. The number of hydrogen-bond acceptors (Lipinski definition) is 4. The normalized spacial score (nSPS) is 24.9. The van der Waals surface area contributed by atoms with Crippen molar-refractivity contribution in [1.82, 2.24) is 15.5 Å². The maximum absolute atomic E-state index is 12.7. The first kappa shape index (κ1) is 22.9. The smallest absolute Gasteiger partial charge is 0.357 e. The van der Waals surface area contributed by atoms with Gasteiger partial charge in [-0.3, -0.25) is 9.89 Å². The van der Waals surface area contributed by atoms with E-state index in [2.05, 4.69) is 20.5 Å². The van der Waals surface area contributed by atoms with Crippen LogP contribution in [0.25, 0.3) is 0 Å². The standard InChI is InChI=1S/C20H29F3N4O2S/c1-2-24-19(25-11-16-8-10-30(28,29)14-16)26-18-7-9-27(13-18)12-15-3-5-17(6-4-15)20(21,22)23/h3-6,16,18H,2,7-14H2,1H3,(H2,24,25,26). The van der Waals surface area contributed by atoms with Gasteiger partial charge in [-0.25, -0.2) is 8.42 Å². The van der Waals surface area contributed by atoms with Gasteiger partial charge in [0.05, 0.1) is 17.1 Å². The van der Waals surface area contributed by atoms with Crippen LogP contribution in [0.3, 0.4) is 0 Å². The van der Waals surface area contributed by atoms with Crippen LogP contribution in [0.1, 0.15) is 30.9 Å². The van der Waals surface area contributed by atoms with Crippen molar-refractivity contribution in [2.45, 2.75) is 38.5 Å². The van der Waals surface area contributed by atoms with Crippen LogP contribution in [-0.4, -0.2) is 63.0 Å². The highest BCUT2D eigenvalue weighted by Gasteiger charge is 2.30. The lowest BCUT2D eigenvalue weighted by molar-refractivity contribution is -0.137. The van der Waals surface area contributed by atoms with E-state index in [4.69, 9.17) is 0 Å². The molecular weight excluding hydrogens is 417 g/mol. The molecule has 0 spiro atoms. The Kier molecular flexibility index (Phi) is 7.28. The number of guanidine groups is 1. The third-order valence-electron chi connectivity index (χ3n) is 5.48. The van der Waals surface area contributed by atoms with E-state index in [-0.39, 0.29) is 23.5 Å². The molecule has 2 fully saturated rings. The number of nitrogens with zero attached hydrogens (tertiary/aromatic N) is 2. The topological polar surface area (TPSA) is 73.8 Å². The van der Waals surface area contributed by atoms with Gasteiger partial charge in [0.15, 0.2) is 15.8 Å². The molecule has 168 valence electrons. The summed E-state index contributed by atoms with van der Waals surface area (Å²) in [5.74, 6) is 1.22. The quantitative estimate of drug-likeness (QED) is 0.518. The summed E-state index contributed by atoms with van der Waals surface area (Å²) in [6.07, 6.45) is -2.75. The van der Waals surface area contributed by atoms with Gasteiger partial charge in [-0.1, -0.05) is 12.1 Å². The minimum absolute atomic E-state index is 0.0743. The van der Waals surface area contributed by atoms with E-state index in [9.17, 15) is 21.6 Å². The lowest BCUT2D eigenvalue weighted by Crippen LogP contribution is -2.44. The first-order chi connectivity index (χ1) is 14.1. The van der Waals surface area contributed by atoms with Crippen LogP contribution < -0.4 is 10.6 Å². The Hall–Kier alpha value is -1.81. The molecule has 30 heavy (non-hydrogen) atoms. The van der Waals surface area contributed by atoms with Gasteiger partial charge in [-0.2, -0.15) is 13.2 Å². The SMILES string of the molecule is CCNC(=NCC1CCS(=O)(=O)C1)NC1CCN(Cc2ccc(C(F)(F)F)cc2)C1. The number of halogens is 3. The van der Waals surface area contributed by atoms with E-state index in [0.717, 1.165) is 37.2 Å². The van der Waals surface area contributed by atoms with Gasteiger partial charge in [-0.15, -0.1) is 0 Å². The number of benzene rings is 1. The van der Waals surface area contributed by atoms with Crippen LogP contribution in [0.4, 0.5) is 13.2 Å². The predicted molar refractivity (Wildman–Crippen MR) is 111 cm³/mol. The van der Waals surface area contributed by atoms with Crippen LogP contribution in [-0.2, 0) is 22.6 Å². The minimum Gasteiger partial charge on any atom is -0.357 e. The van der Waals surface area contributed by atoms with Gasteiger partial charge < -0.3 is 10.6 Å². The van der Waals surface area contributed by atoms with Crippen LogP contribution in [0.15, 0.2) is 29.3 Å². The van der Waals surface area contributed by atoms with Gasteiger partial charge in [0, 0.05) is 38.8 Å². The number of likely N-dealkylation sites (tertiary alicyclic amines) is 1. The fraction of sp³-hybridized carbons (Fsp3) is 0.650. The number of sulfone groups is 1. The second-order valence-corrected chi connectivity index (χ2v) is 10.3. The molecule has 2 N–H and O–H groups in total. The molecule has 2 unspecified atom stereocenters. The summed E-state index contributed by atoms with van der Waals surface area (Å²) in [6.45, 7) is 5.38. The predicted octanol–water partition coefficient (Wildman–Crippen LogP) is 2.27. The summed E-state index contributed by atoms with van der Waals surface area (Å²) in [4.78, 5) is 6.77. The highest BCUT2D eigenvalue weighted by molar-refractivity contribution is 7.91. The van der Waals surface area contributed by atoms with E-state index in [1.54, 1.807) is 0 Å². The molecular formula is C20H29F3N4O2S. The van der Waals surface area contributed by atoms with E-state index in [0.29, 0.717) is 32.0 Å². The Morgan fingerprint density at radius 1 is 1.23 bits per heavy atom. The summed E-state index contributed by atoms with van der Waals surface area (Å²) in [7, 11) is -2.91. The molecule has 0 radical (unpaired) electrons. The van der Waals surface area contributed by atoms with Crippen LogP contribution in [0.5, 0.6) is 0 Å². The molecule has 1 aromatic carbocycles. The fourth-order valence-electron chi connectivity index (χ4n) is 3.90. The first-order valence-electron chi connectivity index (χ1n) is 10.3. The number of nitrogens with one attached hydrogen (secondary N) is 2. The number of hydrogen-bond donors (Lipinski definition) is 2. The van der Waals surface area contributed by atoms with E-state index >= 15 is 0 Å². The fourth-order valence-corrected chi connectivity index (χ4v) is 5.75. The summed E-state index contributed by atoms with van der Waals surface area (Å²) in [6, 6.07) is 5.50. The molecule has 0 bridgehead atoms. The van der Waals surface area contributed by atoms with Crippen LogP contribution in [0, 0.1) is 5.92 Å². The molecule has 0 aromatic heterocycles. The zero-order chi connectivity index (χ0) is 21.8. The summed E-state index contributed by atoms with van der Waals surface area (Å²) < 4.78 is 61.3. The molecule has 2 aliphatic heterocycles. The molecule has 0 amide bonds. The lowest BCUT2D eigenvalue weighted by Gasteiger charge is -2.19. The van der Waals surface area contributed by atoms with Crippen LogP contribution in [0.2, 0.25) is 0 Å². The van der Waals surface area contributed by atoms with Gasteiger partial charge in [0.25, 0.3) is 0 Å². The summed E-state index contributed by atoms with van der Waals surface area (Å²) >= 11 is 0. The Labute approximate surface area is 175 Å². The monoisotopic (exact) mass is 446 g/mol. The Morgan fingerprint density at radius 3 is 2.57 bits per heavy atom. The van der Waals surface area contributed by atoms with Crippen molar-refractivity contribution < 1.29 is 21.6 Å². The number of aliphatic imine (C=N–C) groups is 1. The van der Waals surface area contributed by atoms with E-state index in [1.165, 1.54) is 12.1 Å². The second-order valence-electron chi connectivity index (χ2n) is 8.05. The average molecular weight is 447 g/mol. The number of rotatable bonds is 6.